The first-order valence-electron chi connectivity index (χ1n) is 5.49. The van der Waals surface area contributed by atoms with E-state index in [4.69, 9.17) is 4.74 Å². The highest BCUT2D eigenvalue weighted by Crippen LogP contribution is 2.24. The van der Waals surface area contributed by atoms with Crippen LogP contribution in [0.5, 0.6) is 0 Å². The van der Waals surface area contributed by atoms with Crippen LogP contribution in [0.2, 0.25) is 0 Å². The van der Waals surface area contributed by atoms with E-state index in [0.29, 0.717) is 5.56 Å². The molecule has 6 heteroatoms. The van der Waals surface area contributed by atoms with Crippen molar-refractivity contribution in [3.05, 3.63) is 46.0 Å². The van der Waals surface area contributed by atoms with E-state index in [1.165, 1.54) is 0 Å². The van der Waals surface area contributed by atoms with Crippen LogP contribution in [0.3, 0.4) is 0 Å². The number of benzene rings is 1. The van der Waals surface area contributed by atoms with Gasteiger partial charge in [0.05, 0.1) is 7.11 Å². The lowest BCUT2D eigenvalue weighted by Gasteiger charge is -2.19. The van der Waals surface area contributed by atoms with Gasteiger partial charge < -0.3 is 9.47 Å². The highest BCUT2D eigenvalue weighted by atomic mass is 16.6. The van der Waals surface area contributed by atoms with Crippen LogP contribution in [0.4, 0.5) is 0 Å². The third kappa shape index (κ3) is 3.27. The molecule has 0 fully saturated rings. The van der Waals surface area contributed by atoms with E-state index in [1.54, 1.807) is 37.3 Å². The Balaban J connectivity index is 3.09. The molecule has 2 atom stereocenters. The molecule has 2 unspecified atom stereocenters. The molecule has 0 aliphatic heterocycles. The Morgan fingerprint density at radius 2 is 2.00 bits per heavy atom. The lowest BCUT2D eigenvalue weighted by atomic mass is 10.0. The van der Waals surface area contributed by atoms with Gasteiger partial charge in [0.1, 0.15) is 0 Å². The van der Waals surface area contributed by atoms with Gasteiger partial charge in [-0.15, -0.1) is 0 Å². The fraction of sp³-hybridized carbons (Fsp3) is 0.417. The zero-order chi connectivity index (χ0) is 13.5. The van der Waals surface area contributed by atoms with Gasteiger partial charge in [0.25, 0.3) is 0 Å². The van der Waals surface area contributed by atoms with Crippen LogP contribution >= 0.6 is 0 Å². The number of ether oxygens (including phenoxy) is 2. The predicted molar refractivity (Wildman–Crippen MR) is 63.6 cm³/mol. The van der Waals surface area contributed by atoms with Gasteiger partial charge >= 0.3 is 12.0 Å². The summed E-state index contributed by atoms with van der Waals surface area (Å²) in [4.78, 5) is 21.8. The van der Waals surface area contributed by atoms with E-state index >= 15 is 0 Å². The summed E-state index contributed by atoms with van der Waals surface area (Å²) in [5.74, 6) is -0.915. The molecule has 0 N–H and O–H groups in total. The van der Waals surface area contributed by atoms with Gasteiger partial charge in [0.2, 0.25) is 0 Å². The van der Waals surface area contributed by atoms with Crippen molar-refractivity contribution in [1.82, 2.24) is 0 Å². The van der Waals surface area contributed by atoms with E-state index in [2.05, 4.69) is 4.74 Å². The van der Waals surface area contributed by atoms with Crippen LogP contribution in [0, 0.1) is 10.1 Å². The van der Waals surface area contributed by atoms with Gasteiger partial charge in [0, 0.05) is 11.5 Å². The number of carbonyl (C=O) groups excluding carboxylic acids is 1. The minimum atomic E-state index is -1.56. The molecule has 1 aromatic carbocycles. The molecular weight excluding hydrogens is 238 g/mol. The molecule has 0 spiro atoms. The van der Waals surface area contributed by atoms with Crippen molar-refractivity contribution in [3.63, 3.8) is 0 Å². The summed E-state index contributed by atoms with van der Waals surface area (Å²) in [5, 5.41) is 11.0. The Morgan fingerprint density at radius 1 is 1.39 bits per heavy atom. The number of hydrogen-bond donors (Lipinski definition) is 0. The number of rotatable bonds is 6. The smallest absolute Gasteiger partial charge is 0.384 e. The standard InChI is InChI=1S/C12H15NO5/c1-3-18-11(9-7-5-4-6-8-9)10(13(15)16)12(14)17-2/h4-8,10-11H,3H2,1-2H3. The highest BCUT2D eigenvalue weighted by molar-refractivity contribution is 5.75. The van der Waals surface area contributed by atoms with E-state index in [-0.39, 0.29) is 6.61 Å². The van der Waals surface area contributed by atoms with Crippen LogP contribution in [0.1, 0.15) is 18.6 Å². The first-order valence-corrected chi connectivity index (χ1v) is 5.49. The average Bonchev–Trinajstić information content (AvgIpc) is 2.38. The maximum absolute atomic E-state index is 11.5. The van der Waals surface area contributed by atoms with Crippen molar-refractivity contribution in [3.8, 4) is 0 Å². The molecule has 98 valence electrons. The van der Waals surface area contributed by atoms with E-state index in [0.717, 1.165) is 7.11 Å². The molecule has 0 aliphatic rings. The molecule has 0 bridgehead atoms. The Bertz CT molecular complexity index is 406. The summed E-state index contributed by atoms with van der Waals surface area (Å²) in [6.45, 7) is 1.98. The molecule has 0 heterocycles. The summed E-state index contributed by atoms with van der Waals surface area (Å²) in [6.07, 6.45) is -0.946. The van der Waals surface area contributed by atoms with Gasteiger partial charge in [-0.2, -0.15) is 0 Å². The third-order valence-electron chi connectivity index (χ3n) is 2.43. The molecule has 0 radical (unpaired) electrons. The fourth-order valence-electron chi connectivity index (χ4n) is 1.63. The molecule has 1 aromatic rings. The molecule has 0 saturated heterocycles. The molecule has 18 heavy (non-hydrogen) atoms. The number of esters is 1. The quantitative estimate of drug-likeness (QED) is 0.437. The summed E-state index contributed by atoms with van der Waals surface area (Å²) < 4.78 is 9.79. The van der Waals surface area contributed by atoms with Crippen molar-refractivity contribution in [2.24, 2.45) is 0 Å². The molecule has 0 aromatic heterocycles. The van der Waals surface area contributed by atoms with Crippen LogP contribution < -0.4 is 0 Å². The summed E-state index contributed by atoms with van der Waals surface area (Å²) in [6, 6.07) is 7.05. The Kier molecular flexibility index (Phi) is 5.26. The number of carbonyl (C=O) groups is 1. The zero-order valence-corrected chi connectivity index (χ0v) is 10.2. The van der Waals surface area contributed by atoms with Gasteiger partial charge in [-0.05, 0) is 12.5 Å². The van der Waals surface area contributed by atoms with Crippen LogP contribution in [-0.2, 0) is 14.3 Å². The van der Waals surface area contributed by atoms with Gasteiger partial charge in [0.15, 0.2) is 6.10 Å². The van der Waals surface area contributed by atoms with E-state index in [9.17, 15) is 14.9 Å². The first-order chi connectivity index (χ1) is 8.61. The lowest BCUT2D eigenvalue weighted by molar-refractivity contribution is -0.524. The topological polar surface area (TPSA) is 78.7 Å². The second-order valence-corrected chi connectivity index (χ2v) is 3.54. The predicted octanol–water partition coefficient (Wildman–Crippen LogP) is 1.58. The van der Waals surface area contributed by atoms with Crippen molar-refractivity contribution < 1.29 is 19.2 Å². The summed E-state index contributed by atoms with van der Waals surface area (Å²) in [5.41, 5.74) is 0.575. The van der Waals surface area contributed by atoms with Gasteiger partial charge in [-0.1, -0.05) is 30.3 Å². The highest BCUT2D eigenvalue weighted by Gasteiger charge is 2.41. The summed E-state index contributed by atoms with van der Waals surface area (Å²) >= 11 is 0. The molecule has 1 rings (SSSR count). The summed E-state index contributed by atoms with van der Waals surface area (Å²) in [7, 11) is 1.12. The minimum absolute atomic E-state index is 0.265. The average molecular weight is 253 g/mol. The fourth-order valence-corrected chi connectivity index (χ4v) is 1.63. The Hall–Kier alpha value is -1.95. The van der Waals surface area contributed by atoms with E-state index < -0.39 is 23.0 Å². The minimum Gasteiger partial charge on any atom is -0.464 e. The van der Waals surface area contributed by atoms with Gasteiger partial charge in [-0.25, -0.2) is 4.79 Å². The largest absolute Gasteiger partial charge is 0.464 e. The maximum Gasteiger partial charge on any atom is 0.384 e. The van der Waals surface area contributed by atoms with Crippen molar-refractivity contribution in [2.45, 2.75) is 19.1 Å². The van der Waals surface area contributed by atoms with Gasteiger partial charge in [-0.3, -0.25) is 10.1 Å². The number of methoxy groups -OCH3 is 1. The molecular formula is C12H15NO5. The SMILES string of the molecule is CCOC(c1ccccc1)C(C(=O)OC)[N+](=O)[O-]. The Labute approximate surface area is 105 Å². The normalized spacial score (nSPS) is 13.7. The second kappa shape index (κ2) is 6.70. The number of hydrogen-bond acceptors (Lipinski definition) is 5. The zero-order valence-electron chi connectivity index (χ0n) is 10.2. The van der Waals surface area contributed by atoms with Crippen LogP contribution in [0.15, 0.2) is 30.3 Å². The molecule has 0 saturated carbocycles. The molecule has 0 amide bonds. The van der Waals surface area contributed by atoms with Crippen molar-refractivity contribution >= 4 is 5.97 Å². The Morgan fingerprint density at radius 3 is 2.44 bits per heavy atom. The lowest BCUT2D eigenvalue weighted by Crippen LogP contribution is -2.38. The molecule has 6 nitrogen and oxygen atoms in total. The van der Waals surface area contributed by atoms with E-state index in [1.807, 2.05) is 0 Å². The monoisotopic (exact) mass is 253 g/mol. The first kappa shape index (κ1) is 14.1. The van der Waals surface area contributed by atoms with Crippen LogP contribution in [-0.4, -0.2) is 30.7 Å². The van der Waals surface area contributed by atoms with Crippen molar-refractivity contribution in [1.29, 1.82) is 0 Å². The van der Waals surface area contributed by atoms with Crippen LogP contribution in [0.25, 0.3) is 0 Å². The third-order valence-corrected chi connectivity index (χ3v) is 2.43. The number of nitrogens with zero attached hydrogens (tertiary/aromatic N) is 1. The maximum atomic E-state index is 11.5. The number of nitro groups is 1. The second-order valence-electron chi connectivity index (χ2n) is 3.54. The molecule has 0 aliphatic carbocycles. The van der Waals surface area contributed by atoms with Crippen molar-refractivity contribution in [2.75, 3.05) is 13.7 Å².